The van der Waals surface area contributed by atoms with Crippen LogP contribution < -0.4 is 23.9 Å². The summed E-state index contributed by atoms with van der Waals surface area (Å²) in [6.45, 7) is 9.44. The molecule has 3 aromatic rings. The molecule has 0 aliphatic rings. The highest BCUT2D eigenvalue weighted by molar-refractivity contribution is 7.92. The Morgan fingerprint density at radius 1 is 0.974 bits per heavy atom. The van der Waals surface area contributed by atoms with Gasteiger partial charge in [-0.05, 0) is 74.4 Å². The highest BCUT2D eigenvalue weighted by Gasteiger charge is 2.29. The van der Waals surface area contributed by atoms with Gasteiger partial charge in [0.25, 0.3) is 15.9 Å². The Balaban J connectivity index is 1.86. The maximum absolute atomic E-state index is 13.7. The molecule has 0 saturated carbocycles. The van der Waals surface area contributed by atoms with Crippen molar-refractivity contribution in [2.24, 2.45) is 5.10 Å². The maximum Gasteiger partial charge on any atom is 0.264 e. The summed E-state index contributed by atoms with van der Waals surface area (Å²) in [5, 5.41) is 4.02. The van der Waals surface area contributed by atoms with E-state index in [0.29, 0.717) is 36.0 Å². The number of hydrogen-bond acceptors (Lipinski definition) is 7. The van der Waals surface area contributed by atoms with E-state index in [0.717, 1.165) is 15.4 Å². The molecule has 0 atom stereocenters. The predicted molar refractivity (Wildman–Crippen MR) is 152 cm³/mol. The zero-order chi connectivity index (χ0) is 28.4. The van der Waals surface area contributed by atoms with E-state index in [1.165, 1.54) is 25.5 Å². The Morgan fingerprint density at radius 2 is 1.67 bits per heavy atom. The quantitative estimate of drug-likeness (QED) is 0.189. The molecule has 10 heteroatoms. The number of ether oxygens (including phenoxy) is 3. The van der Waals surface area contributed by atoms with Crippen molar-refractivity contribution >= 4 is 27.8 Å². The lowest BCUT2D eigenvalue weighted by molar-refractivity contribution is -0.119. The smallest absolute Gasteiger partial charge is 0.264 e. The standard InChI is InChI=1S/C29H33N3O6S/c1-6-16-38-27-15-11-23(18-28(27)37-7-2)19-30-31-29(33)20-32(25-17-22(4)10-14-26(25)36-5)39(34,35)24-12-8-21(3)9-13-24/h6,8-15,17-19H,1,7,16,20H2,2-5H3,(H,31,33)/b30-19+. The summed E-state index contributed by atoms with van der Waals surface area (Å²) in [7, 11) is -2.67. The van der Waals surface area contributed by atoms with Crippen molar-refractivity contribution in [3.63, 3.8) is 0 Å². The molecule has 0 fully saturated rings. The number of nitrogens with zero attached hydrogens (tertiary/aromatic N) is 2. The number of carbonyl (C=O) groups is 1. The number of carbonyl (C=O) groups excluding carboxylic acids is 1. The Bertz CT molecular complexity index is 1440. The van der Waals surface area contributed by atoms with Crippen LogP contribution >= 0.6 is 0 Å². The second kappa shape index (κ2) is 13.5. The number of methoxy groups -OCH3 is 1. The van der Waals surface area contributed by atoms with Gasteiger partial charge in [-0.25, -0.2) is 13.8 Å². The van der Waals surface area contributed by atoms with Crippen LogP contribution in [0.2, 0.25) is 0 Å². The van der Waals surface area contributed by atoms with E-state index in [-0.39, 0.29) is 10.6 Å². The van der Waals surface area contributed by atoms with E-state index in [1.54, 1.807) is 54.6 Å². The molecule has 0 heterocycles. The molecular weight excluding hydrogens is 518 g/mol. The fraction of sp³-hybridized carbons (Fsp3) is 0.241. The summed E-state index contributed by atoms with van der Waals surface area (Å²) in [4.78, 5) is 13.0. The van der Waals surface area contributed by atoms with Gasteiger partial charge in [0, 0.05) is 0 Å². The molecule has 0 radical (unpaired) electrons. The van der Waals surface area contributed by atoms with Crippen LogP contribution in [0, 0.1) is 13.8 Å². The first-order chi connectivity index (χ1) is 18.7. The number of aryl methyl sites for hydroxylation is 2. The Hall–Kier alpha value is -4.31. The van der Waals surface area contributed by atoms with Crippen molar-refractivity contribution in [1.29, 1.82) is 0 Å². The molecule has 1 amide bonds. The maximum atomic E-state index is 13.7. The largest absolute Gasteiger partial charge is 0.495 e. The average Bonchev–Trinajstić information content (AvgIpc) is 2.91. The van der Waals surface area contributed by atoms with E-state index in [4.69, 9.17) is 14.2 Å². The van der Waals surface area contributed by atoms with Gasteiger partial charge in [0.1, 0.15) is 18.9 Å². The zero-order valence-electron chi connectivity index (χ0n) is 22.5. The lowest BCUT2D eigenvalue weighted by atomic mass is 10.2. The number of amides is 1. The van der Waals surface area contributed by atoms with Gasteiger partial charge in [-0.15, -0.1) is 0 Å². The first-order valence-corrected chi connectivity index (χ1v) is 13.7. The summed E-state index contributed by atoms with van der Waals surface area (Å²) < 4.78 is 45.0. The van der Waals surface area contributed by atoms with Gasteiger partial charge >= 0.3 is 0 Å². The molecule has 3 aromatic carbocycles. The summed E-state index contributed by atoms with van der Waals surface area (Å²) in [6.07, 6.45) is 3.07. The Morgan fingerprint density at radius 3 is 2.33 bits per heavy atom. The molecule has 0 unspecified atom stereocenters. The van der Waals surface area contributed by atoms with Gasteiger partial charge in [0.2, 0.25) is 0 Å². The number of rotatable bonds is 13. The van der Waals surface area contributed by atoms with Crippen molar-refractivity contribution in [2.45, 2.75) is 25.7 Å². The van der Waals surface area contributed by atoms with Crippen LogP contribution in [0.25, 0.3) is 0 Å². The monoisotopic (exact) mass is 551 g/mol. The minimum atomic E-state index is -4.11. The minimum Gasteiger partial charge on any atom is -0.495 e. The second-order valence-electron chi connectivity index (χ2n) is 8.53. The molecule has 0 spiro atoms. The van der Waals surface area contributed by atoms with Crippen molar-refractivity contribution < 1.29 is 27.4 Å². The lowest BCUT2D eigenvalue weighted by Crippen LogP contribution is -2.39. The van der Waals surface area contributed by atoms with Crippen LogP contribution in [0.3, 0.4) is 0 Å². The summed E-state index contributed by atoms with van der Waals surface area (Å²) in [5.74, 6) is 0.759. The third-order valence-electron chi connectivity index (χ3n) is 5.53. The zero-order valence-corrected chi connectivity index (χ0v) is 23.3. The molecule has 9 nitrogen and oxygen atoms in total. The highest BCUT2D eigenvalue weighted by Crippen LogP contribution is 2.33. The van der Waals surface area contributed by atoms with E-state index in [1.807, 2.05) is 20.8 Å². The molecule has 0 bridgehead atoms. The molecule has 0 aliphatic heterocycles. The van der Waals surface area contributed by atoms with Crippen LogP contribution in [0.15, 0.2) is 83.3 Å². The van der Waals surface area contributed by atoms with Crippen LogP contribution in [-0.2, 0) is 14.8 Å². The molecule has 39 heavy (non-hydrogen) atoms. The molecule has 3 rings (SSSR count). The van der Waals surface area contributed by atoms with E-state index >= 15 is 0 Å². The molecule has 206 valence electrons. The van der Waals surface area contributed by atoms with E-state index in [9.17, 15) is 13.2 Å². The second-order valence-corrected chi connectivity index (χ2v) is 10.4. The van der Waals surface area contributed by atoms with Gasteiger partial charge in [-0.1, -0.05) is 36.4 Å². The number of anilines is 1. The fourth-order valence-electron chi connectivity index (χ4n) is 3.62. The van der Waals surface area contributed by atoms with Crippen LogP contribution in [-0.4, -0.2) is 47.4 Å². The predicted octanol–water partition coefficient (Wildman–Crippen LogP) is 4.62. The van der Waals surface area contributed by atoms with Gasteiger partial charge < -0.3 is 14.2 Å². The molecule has 0 aromatic heterocycles. The fourth-order valence-corrected chi connectivity index (χ4v) is 5.04. The van der Waals surface area contributed by atoms with Gasteiger partial charge in [-0.3, -0.25) is 9.10 Å². The number of hydrogen-bond donors (Lipinski definition) is 1. The molecule has 1 N–H and O–H groups in total. The van der Waals surface area contributed by atoms with E-state index < -0.39 is 22.5 Å². The lowest BCUT2D eigenvalue weighted by Gasteiger charge is -2.25. The third-order valence-corrected chi connectivity index (χ3v) is 7.30. The topological polar surface area (TPSA) is 107 Å². The van der Waals surface area contributed by atoms with Gasteiger partial charge in [0.05, 0.1) is 30.5 Å². The number of sulfonamides is 1. The number of nitrogens with one attached hydrogen (secondary N) is 1. The molecular formula is C29H33N3O6S. The van der Waals surface area contributed by atoms with Crippen molar-refractivity contribution in [2.75, 3.05) is 31.2 Å². The summed E-state index contributed by atoms with van der Waals surface area (Å²) >= 11 is 0. The van der Waals surface area contributed by atoms with Gasteiger partial charge in [-0.2, -0.15) is 5.10 Å². The third kappa shape index (κ3) is 7.61. The van der Waals surface area contributed by atoms with Crippen LogP contribution in [0.5, 0.6) is 17.2 Å². The number of hydrazone groups is 1. The van der Waals surface area contributed by atoms with E-state index in [2.05, 4.69) is 17.1 Å². The first-order valence-electron chi connectivity index (χ1n) is 12.3. The molecule has 0 aliphatic carbocycles. The SMILES string of the molecule is C=CCOc1ccc(/C=N/NC(=O)CN(c2cc(C)ccc2OC)S(=O)(=O)c2ccc(C)cc2)cc1OCC. The van der Waals surface area contributed by atoms with Crippen LogP contribution in [0.4, 0.5) is 5.69 Å². The average molecular weight is 552 g/mol. The van der Waals surface area contributed by atoms with Crippen molar-refractivity contribution in [1.82, 2.24) is 5.43 Å². The number of benzene rings is 3. The normalized spacial score (nSPS) is 11.2. The van der Waals surface area contributed by atoms with Crippen molar-refractivity contribution in [3.8, 4) is 17.2 Å². The highest BCUT2D eigenvalue weighted by atomic mass is 32.2. The molecule has 0 saturated heterocycles. The van der Waals surface area contributed by atoms with Crippen LogP contribution in [0.1, 0.15) is 23.6 Å². The summed E-state index contributed by atoms with van der Waals surface area (Å²) in [6, 6.07) is 16.8. The Kier molecular flexibility index (Phi) is 10.1. The minimum absolute atomic E-state index is 0.0511. The summed E-state index contributed by atoms with van der Waals surface area (Å²) in [5.41, 5.74) is 5.02. The van der Waals surface area contributed by atoms with Gasteiger partial charge in [0.15, 0.2) is 11.5 Å². The Labute approximate surface area is 229 Å². The van der Waals surface area contributed by atoms with Crippen molar-refractivity contribution in [3.05, 3.63) is 90.0 Å². The first kappa shape index (κ1) is 29.2.